The van der Waals surface area contributed by atoms with Crippen molar-refractivity contribution < 1.29 is 0 Å². The molecule has 0 aliphatic rings. The molecule has 1 aromatic heterocycles. The fraction of sp³-hybridized carbons (Fsp3) is 0.429. The lowest BCUT2D eigenvalue weighted by Crippen LogP contribution is -2.18. The molecule has 0 bridgehead atoms. The Balaban J connectivity index is 1.88. The highest BCUT2D eigenvalue weighted by atomic mass is 79.9. The second-order valence-electron chi connectivity index (χ2n) is 4.92. The summed E-state index contributed by atoms with van der Waals surface area (Å²) in [6, 6.07) is 8.34. The van der Waals surface area contributed by atoms with Gasteiger partial charge in [0.2, 0.25) is 0 Å². The highest BCUT2D eigenvalue weighted by Crippen LogP contribution is 2.17. The van der Waals surface area contributed by atoms with Crippen LogP contribution in [0.1, 0.15) is 29.4 Å². The van der Waals surface area contributed by atoms with Gasteiger partial charge in [0.25, 0.3) is 0 Å². The Morgan fingerprint density at radius 3 is 2.53 bits per heavy atom. The third-order valence-corrected chi connectivity index (χ3v) is 4.06. The fourth-order valence-electron chi connectivity index (χ4n) is 1.68. The van der Waals surface area contributed by atoms with E-state index in [0.717, 1.165) is 34.0 Å². The monoisotopic (exact) mass is 339 g/mol. The average Bonchev–Trinajstić information content (AvgIpc) is 2.79. The van der Waals surface area contributed by atoms with E-state index in [4.69, 9.17) is 0 Å². The molecule has 0 amide bonds. The van der Waals surface area contributed by atoms with E-state index in [-0.39, 0.29) is 0 Å². The van der Waals surface area contributed by atoms with Crippen LogP contribution in [0.5, 0.6) is 0 Å². The van der Waals surface area contributed by atoms with E-state index in [1.807, 2.05) is 0 Å². The van der Waals surface area contributed by atoms with Crippen LogP contribution in [0.25, 0.3) is 0 Å². The van der Waals surface area contributed by atoms with Gasteiger partial charge in [0, 0.05) is 17.4 Å². The van der Waals surface area contributed by atoms with Crippen molar-refractivity contribution in [1.82, 2.24) is 15.5 Å². The summed E-state index contributed by atoms with van der Waals surface area (Å²) in [5.74, 6) is 0.662. The first kappa shape index (κ1) is 14.6. The lowest BCUT2D eigenvalue weighted by Gasteiger charge is -2.03. The molecule has 0 unspecified atom stereocenters. The zero-order valence-electron chi connectivity index (χ0n) is 11.2. The van der Waals surface area contributed by atoms with Crippen LogP contribution in [0.4, 0.5) is 0 Å². The first-order valence-electron chi connectivity index (χ1n) is 6.40. The van der Waals surface area contributed by atoms with E-state index in [1.165, 1.54) is 5.56 Å². The van der Waals surface area contributed by atoms with E-state index in [9.17, 15) is 0 Å². The maximum absolute atomic E-state index is 4.25. The van der Waals surface area contributed by atoms with Crippen molar-refractivity contribution in [3.05, 3.63) is 44.3 Å². The molecular formula is C14H18BrN3S. The summed E-state index contributed by atoms with van der Waals surface area (Å²) in [5.41, 5.74) is 1.26. The van der Waals surface area contributed by atoms with Crippen molar-refractivity contribution in [3.63, 3.8) is 0 Å². The number of nitrogens with one attached hydrogen (secondary N) is 1. The number of hydrogen-bond acceptors (Lipinski definition) is 4. The number of benzene rings is 1. The lowest BCUT2D eigenvalue weighted by atomic mass is 10.2. The molecule has 1 heterocycles. The van der Waals surface area contributed by atoms with Crippen molar-refractivity contribution in [3.8, 4) is 0 Å². The Morgan fingerprint density at radius 2 is 1.84 bits per heavy atom. The van der Waals surface area contributed by atoms with Gasteiger partial charge in [-0.2, -0.15) is 0 Å². The maximum atomic E-state index is 4.25. The summed E-state index contributed by atoms with van der Waals surface area (Å²) in [6.07, 6.45) is 0.856. The van der Waals surface area contributed by atoms with Gasteiger partial charge in [-0.25, -0.2) is 0 Å². The van der Waals surface area contributed by atoms with E-state index in [0.29, 0.717) is 5.92 Å². The molecule has 3 nitrogen and oxygen atoms in total. The Bertz CT molecular complexity index is 508. The second-order valence-corrected chi connectivity index (χ2v) is 6.98. The largest absolute Gasteiger partial charge is 0.310 e. The highest BCUT2D eigenvalue weighted by Gasteiger charge is 2.05. The number of rotatable bonds is 6. The smallest absolute Gasteiger partial charge is 0.131 e. The molecular weight excluding hydrogens is 322 g/mol. The predicted molar refractivity (Wildman–Crippen MR) is 83.4 cm³/mol. The Hall–Kier alpha value is -0.780. The number of hydrogen-bond donors (Lipinski definition) is 1. The summed E-state index contributed by atoms with van der Waals surface area (Å²) in [6.45, 7) is 6.23. The topological polar surface area (TPSA) is 37.8 Å². The van der Waals surface area contributed by atoms with Crippen LogP contribution < -0.4 is 5.32 Å². The van der Waals surface area contributed by atoms with Gasteiger partial charge in [0.1, 0.15) is 10.0 Å². The van der Waals surface area contributed by atoms with Crippen LogP contribution in [0.15, 0.2) is 28.7 Å². The van der Waals surface area contributed by atoms with Gasteiger partial charge in [-0.1, -0.05) is 53.2 Å². The van der Waals surface area contributed by atoms with Gasteiger partial charge in [-0.3, -0.25) is 0 Å². The van der Waals surface area contributed by atoms with Gasteiger partial charge < -0.3 is 5.32 Å². The Morgan fingerprint density at radius 1 is 1.16 bits per heavy atom. The Labute approximate surface area is 126 Å². The van der Waals surface area contributed by atoms with Crippen LogP contribution in [0.3, 0.4) is 0 Å². The van der Waals surface area contributed by atoms with Gasteiger partial charge in [-0.05, 0) is 30.2 Å². The molecule has 0 aliphatic heterocycles. The molecule has 2 aromatic rings. The zero-order valence-corrected chi connectivity index (χ0v) is 13.6. The fourth-order valence-corrected chi connectivity index (χ4v) is 2.79. The molecule has 0 saturated carbocycles. The molecule has 0 atom stereocenters. The third kappa shape index (κ3) is 5.01. The summed E-state index contributed by atoms with van der Waals surface area (Å²) in [4.78, 5) is 0. The van der Waals surface area contributed by atoms with Gasteiger partial charge in [-0.15, -0.1) is 10.2 Å². The zero-order chi connectivity index (χ0) is 13.7. The van der Waals surface area contributed by atoms with E-state index >= 15 is 0 Å². The minimum atomic E-state index is 0.662. The average molecular weight is 340 g/mol. The van der Waals surface area contributed by atoms with Crippen LogP contribution in [-0.4, -0.2) is 16.7 Å². The molecule has 1 N–H and O–H groups in total. The van der Waals surface area contributed by atoms with Crippen molar-refractivity contribution >= 4 is 27.3 Å². The van der Waals surface area contributed by atoms with E-state index in [2.05, 4.69) is 69.6 Å². The first-order valence-corrected chi connectivity index (χ1v) is 8.01. The molecule has 1 aromatic carbocycles. The molecule has 5 heteroatoms. The van der Waals surface area contributed by atoms with Crippen molar-refractivity contribution in [2.75, 3.05) is 6.54 Å². The predicted octanol–water partition coefficient (Wildman–Crippen LogP) is 3.64. The summed E-state index contributed by atoms with van der Waals surface area (Å²) < 4.78 is 1.10. The first-order chi connectivity index (χ1) is 9.13. The molecule has 0 saturated heterocycles. The standard InChI is InChI=1S/C14H18BrN3S/c1-10(2)8-16-9-14-18-17-13(19-14)7-11-3-5-12(15)6-4-11/h3-6,10,16H,7-9H2,1-2H3. The van der Waals surface area contributed by atoms with Crippen molar-refractivity contribution in [2.45, 2.75) is 26.8 Å². The number of nitrogens with zero attached hydrogens (tertiary/aromatic N) is 2. The number of halogens is 1. The summed E-state index contributed by atoms with van der Waals surface area (Å²) in [7, 11) is 0. The molecule has 2 rings (SSSR count). The molecule has 0 radical (unpaired) electrons. The quantitative estimate of drug-likeness (QED) is 0.872. The minimum Gasteiger partial charge on any atom is -0.310 e. The molecule has 0 spiro atoms. The normalized spacial score (nSPS) is 11.2. The Kier molecular flexibility index (Phi) is 5.48. The van der Waals surface area contributed by atoms with Gasteiger partial charge >= 0.3 is 0 Å². The third-order valence-electron chi connectivity index (χ3n) is 2.61. The summed E-state index contributed by atoms with van der Waals surface area (Å²) >= 11 is 5.13. The van der Waals surface area contributed by atoms with Crippen LogP contribution in [0, 0.1) is 5.92 Å². The highest BCUT2D eigenvalue weighted by molar-refractivity contribution is 9.10. The van der Waals surface area contributed by atoms with Crippen LogP contribution in [0.2, 0.25) is 0 Å². The lowest BCUT2D eigenvalue weighted by molar-refractivity contribution is 0.550. The SMILES string of the molecule is CC(C)CNCc1nnc(Cc2ccc(Br)cc2)s1. The van der Waals surface area contributed by atoms with Crippen molar-refractivity contribution in [1.29, 1.82) is 0 Å². The van der Waals surface area contributed by atoms with Crippen LogP contribution in [-0.2, 0) is 13.0 Å². The van der Waals surface area contributed by atoms with Crippen LogP contribution >= 0.6 is 27.3 Å². The van der Waals surface area contributed by atoms with E-state index < -0.39 is 0 Å². The minimum absolute atomic E-state index is 0.662. The number of aromatic nitrogens is 2. The van der Waals surface area contributed by atoms with Crippen molar-refractivity contribution in [2.24, 2.45) is 5.92 Å². The summed E-state index contributed by atoms with van der Waals surface area (Å²) in [5, 5.41) is 14.0. The maximum Gasteiger partial charge on any atom is 0.131 e. The second kappa shape index (κ2) is 7.12. The van der Waals surface area contributed by atoms with Gasteiger partial charge in [0.05, 0.1) is 0 Å². The molecule has 0 aliphatic carbocycles. The molecule has 102 valence electrons. The molecule has 0 fully saturated rings. The van der Waals surface area contributed by atoms with E-state index in [1.54, 1.807) is 11.3 Å². The van der Waals surface area contributed by atoms with Gasteiger partial charge in [0.15, 0.2) is 0 Å². The molecule has 19 heavy (non-hydrogen) atoms.